The molecule has 60 valence electrons. The van der Waals surface area contributed by atoms with Gasteiger partial charge in [-0.05, 0) is 18.3 Å². The molecule has 0 aliphatic carbocycles. The van der Waals surface area contributed by atoms with E-state index in [9.17, 15) is 0 Å². The van der Waals surface area contributed by atoms with Crippen molar-refractivity contribution in [1.29, 1.82) is 0 Å². The van der Waals surface area contributed by atoms with Crippen LogP contribution in [0, 0.1) is 11.8 Å². The van der Waals surface area contributed by atoms with Gasteiger partial charge >= 0.3 is 0 Å². The largest absolute Gasteiger partial charge is 0.377 e. The number of hydrogen-bond acceptors (Lipinski definition) is 2. The van der Waals surface area contributed by atoms with Crippen LogP contribution in [0.15, 0.2) is 0 Å². The minimum absolute atomic E-state index is 0.333. The fraction of sp³-hybridized carbons (Fsp3) is 1.00. The molecule has 0 aromatic carbocycles. The zero-order chi connectivity index (χ0) is 7.56. The lowest BCUT2D eigenvalue weighted by Gasteiger charge is -2.19. The topological polar surface area (TPSA) is 35.2 Å². The van der Waals surface area contributed by atoms with Gasteiger partial charge in [-0.15, -0.1) is 0 Å². The molecular formula is C8H17NO. The Morgan fingerprint density at radius 2 is 2.30 bits per heavy atom. The quantitative estimate of drug-likeness (QED) is 0.626. The van der Waals surface area contributed by atoms with E-state index in [2.05, 4.69) is 13.8 Å². The highest BCUT2D eigenvalue weighted by atomic mass is 16.5. The number of ether oxygens (including phenoxy) is 1. The summed E-state index contributed by atoms with van der Waals surface area (Å²) in [4.78, 5) is 0. The zero-order valence-electron chi connectivity index (χ0n) is 6.84. The smallest absolute Gasteiger partial charge is 0.0728 e. The Hall–Kier alpha value is -0.0800. The Kier molecular flexibility index (Phi) is 2.69. The maximum Gasteiger partial charge on any atom is 0.0728 e. The first-order chi connectivity index (χ1) is 4.75. The average Bonchev–Trinajstić information content (AvgIpc) is 2.33. The Labute approximate surface area is 62.7 Å². The first-order valence-electron chi connectivity index (χ1n) is 4.07. The summed E-state index contributed by atoms with van der Waals surface area (Å²) < 4.78 is 5.45. The van der Waals surface area contributed by atoms with Gasteiger partial charge in [0.2, 0.25) is 0 Å². The molecule has 2 heteroatoms. The van der Waals surface area contributed by atoms with Gasteiger partial charge in [0.1, 0.15) is 0 Å². The first kappa shape index (κ1) is 8.02. The van der Waals surface area contributed by atoms with E-state index >= 15 is 0 Å². The standard InChI is InChI=1S/C8H17NO/c1-6(2)7-3-4-10-8(7)5-9/h6-8H,3-5,9H2,1-2H3/t7-,8-/m1/s1. The lowest BCUT2D eigenvalue weighted by molar-refractivity contribution is 0.0863. The molecule has 1 saturated heterocycles. The molecule has 1 aliphatic rings. The van der Waals surface area contributed by atoms with E-state index in [1.165, 1.54) is 6.42 Å². The Morgan fingerprint density at radius 3 is 2.70 bits per heavy atom. The summed E-state index contributed by atoms with van der Waals surface area (Å²) >= 11 is 0. The Bertz CT molecular complexity index is 103. The van der Waals surface area contributed by atoms with Gasteiger partial charge < -0.3 is 10.5 Å². The Morgan fingerprint density at radius 1 is 1.60 bits per heavy atom. The van der Waals surface area contributed by atoms with Crippen molar-refractivity contribution < 1.29 is 4.74 Å². The minimum atomic E-state index is 0.333. The molecule has 1 fully saturated rings. The van der Waals surface area contributed by atoms with Crippen molar-refractivity contribution in [2.75, 3.05) is 13.2 Å². The molecule has 0 unspecified atom stereocenters. The molecule has 0 radical (unpaired) electrons. The summed E-state index contributed by atoms with van der Waals surface area (Å²) in [6.07, 6.45) is 1.53. The number of nitrogens with two attached hydrogens (primary N) is 1. The molecule has 1 aliphatic heterocycles. The first-order valence-corrected chi connectivity index (χ1v) is 4.07. The zero-order valence-corrected chi connectivity index (χ0v) is 6.84. The second-order valence-corrected chi connectivity index (χ2v) is 3.34. The van der Waals surface area contributed by atoms with Crippen molar-refractivity contribution in [3.63, 3.8) is 0 Å². The molecule has 0 aromatic heterocycles. The van der Waals surface area contributed by atoms with E-state index in [-0.39, 0.29) is 0 Å². The van der Waals surface area contributed by atoms with Crippen molar-refractivity contribution in [3.05, 3.63) is 0 Å². The monoisotopic (exact) mass is 143 g/mol. The number of rotatable bonds is 2. The van der Waals surface area contributed by atoms with Gasteiger partial charge in [-0.25, -0.2) is 0 Å². The van der Waals surface area contributed by atoms with Crippen LogP contribution in [0.5, 0.6) is 0 Å². The van der Waals surface area contributed by atoms with Crippen LogP contribution in [0.4, 0.5) is 0 Å². The molecule has 0 saturated carbocycles. The summed E-state index contributed by atoms with van der Waals surface area (Å²) in [5.41, 5.74) is 5.54. The molecule has 1 rings (SSSR count). The van der Waals surface area contributed by atoms with Crippen LogP contribution in [0.3, 0.4) is 0 Å². The van der Waals surface area contributed by atoms with Crippen molar-refractivity contribution in [3.8, 4) is 0 Å². The molecular weight excluding hydrogens is 126 g/mol. The van der Waals surface area contributed by atoms with E-state index in [0.717, 1.165) is 12.5 Å². The molecule has 10 heavy (non-hydrogen) atoms. The van der Waals surface area contributed by atoms with Crippen molar-refractivity contribution in [2.24, 2.45) is 17.6 Å². The molecule has 0 spiro atoms. The summed E-state index contributed by atoms with van der Waals surface area (Å²) in [6.45, 7) is 6.07. The van der Waals surface area contributed by atoms with Gasteiger partial charge in [0.15, 0.2) is 0 Å². The molecule has 0 amide bonds. The van der Waals surface area contributed by atoms with Crippen LogP contribution in [0.1, 0.15) is 20.3 Å². The van der Waals surface area contributed by atoms with Crippen LogP contribution in [-0.2, 0) is 4.74 Å². The lowest BCUT2D eigenvalue weighted by atomic mass is 9.90. The van der Waals surface area contributed by atoms with Gasteiger partial charge in [0.25, 0.3) is 0 Å². The van der Waals surface area contributed by atoms with Gasteiger partial charge in [-0.3, -0.25) is 0 Å². The van der Waals surface area contributed by atoms with Gasteiger partial charge in [0, 0.05) is 13.2 Å². The molecule has 2 N–H and O–H groups in total. The predicted octanol–water partition coefficient (Wildman–Crippen LogP) is 1.01. The molecule has 0 aromatic rings. The fourth-order valence-electron chi connectivity index (χ4n) is 1.67. The summed E-state index contributed by atoms with van der Waals surface area (Å²) in [6, 6.07) is 0. The molecule has 2 atom stereocenters. The maximum absolute atomic E-state index is 5.54. The highest BCUT2D eigenvalue weighted by Gasteiger charge is 2.28. The van der Waals surface area contributed by atoms with Crippen molar-refractivity contribution >= 4 is 0 Å². The van der Waals surface area contributed by atoms with Crippen molar-refractivity contribution in [1.82, 2.24) is 0 Å². The van der Waals surface area contributed by atoms with Crippen molar-refractivity contribution in [2.45, 2.75) is 26.4 Å². The van der Waals surface area contributed by atoms with Gasteiger partial charge in [-0.1, -0.05) is 13.8 Å². The highest BCUT2D eigenvalue weighted by molar-refractivity contribution is 4.78. The van der Waals surface area contributed by atoms with E-state index in [1.807, 2.05) is 0 Å². The van der Waals surface area contributed by atoms with E-state index < -0.39 is 0 Å². The third-order valence-electron chi connectivity index (χ3n) is 2.35. The summed E-state index contributed by atoms with van der Waals surface area (Å²) in [5.74, 6) is 1.42. The normalized spacial score (nSPS) is 33.6. The summed E-state index contributed by atoms with van der Waals surface area (Å²) in [5, 5.41) is 0. The Balaban J connectivity index is 2.42. The second kappa shape index (κ2) is 3.35. The fourth-order valence-corrected chi connectivity index (χ4v) is 1.67. The second-order valence-electron chi connectivity index (χ2n) is 3.34. The average molecular weight is 143 g/mol. The van der Waals surface area contributed by atoms with E-state index in [4.69, 9.17) is 10.5 Å². The molecule has 2 nitrogen and oxygen atoms in total. The summed E-state index contributed by atoms with van der Waals surface area (Å²) in [7, 11) is 0. The van der Waals surface area contributed by atoms with Crippen LogP contribution < -0.4 is 5.73 Å². The van der Waals surface area contributed by atoms with Crippen LogP contribution in [0.25, 0.3) is 0 Å². The number of hydrogen-bond donors (Lipinski definition) is 1. The van der Waals surface area contributed by atoms with E-state index in [1.54, 1.807) is 0 Å². The van der Waals surface area contributed by atoms with Crippen LogP contribution in [0.2, 0.25) is 0 Å². The van der Waals surface area contributed by atoms with E-state index in [0.29, 0.717) is 18.6 Å². The minimum Gasteiger partial charge on any atom is -0.377 e. The molecule has 1 heterocycles. The van der Waals surface area contributed by atoms with Crippen LogP contribution in [-0.4, -0.2) is 19.3 Å². The molecule has 0 bridgehead atoms. The van der Waals surface area contributed by atoms with Gasteiger partial charge in [0.05, 0.1) is 6.10 Å². The third-order valence-corrected chi connectivity index (χ3v) is 2.35. The van der Waals surface area contributed by atoms with Crippen LogP contribution >= 0.6 is 0 Å². The SMILES string of the molecule is CC(C)[C@H]1CCO[C@@H]1CN. The predicted molar refractivity (Wildman–Crippen MR) is 41.7 cm³/mol. The third kappa shape index (κ3) is 1.50. The van der Waals surface area contributed by atoms with Gasteiger partial charge in [-0.2, -0.15) is 0 Å². The maximum atomic E-state index is 5.54. The lowest BCUT2D eigenvalue weighted by Crippen LogP contribution is -2.28. The highest BCUT2D eigenvalue weighted by Crippen LogP contribution is 2.26.